The van der Waals surface area contributed by atoms with E-state index >= 15 is 0 Å². The molecule has 1 aromatic carbocycles. The zero-order valence-corrected chi connectivity index (χ0v) is 14.7. The van der Waals surface area contributed by atoms with Crippen LogP contribution >= 0.6 is 0 Å². The van der Waals surface area contributed by atoms with Gasteiger partial charge in [-0.2, -0.15) is 0 Å². The second-order valence-corrected chi connectivity index (χ2v) is 7.60. The summed E-state index contributed by atoms with van der Waals surface area (Å²) in [5.41, 5.74) is 2.05. The SMILES string of the molecule is CCCC(=O)N1C[C@@H]2[C@H](c3ccccc31)[C@@H](CO)N2C(=O)CC1CC1. The maximum atomic E-state index is 12.7. The number of fused-ring (bicyclic) bond motifs is 3. The number of carbonyl (C=O) groups is 2. The Labute approximate surface area is 148 Å². The van der Waals surface area contributed by atoms with E-state index in [0.717, 1.165) is 30.5 Å². The predicted octanol–water partition coefficient (Wildman–Crippen LogP) is 2.29. The minimum absolute atomic E-state index is 0.000828. The summed E-state index contributed by atoms with van der Waals surface area (Å²) in [6, 6.07) is 7.81. The van der Waals surface area contributed by atoms with E-state index in [4.69, 9.17) is 0 Å². The summed E-state index contributed by atoms with van der Waals surface area (Å²) in [6.45, 7) is 2.54. The molecule has 1 aromatic rings. The molecule has 0 unspecified atom stereocenters. The predicted molar refractivity (Wildman–Crippen MR) is 95.3 cm³/mol. The fraction of sp³-hybridized carbons (Fsp3) is 0.600. The van der Waals surface area contributed by atoms with Gasteiger partial charge in [-0.15, -0.1) is 0 Å². The van der Waals surface area contributed by atoms with E-state index < -0.39 is 0 Å². The molecule has 5 heteroatoms. The van der Waals surface area contributed by atoms with Crippen molar-refractivity contribution in [2.45, 2.75) is 57.0 Å². The summed E-state index contributed by atoms with van der Waals surface area (Å²) < 4.78 is 0. The second-order valence-electron chi connectivity index (χ2n) is 7.60. The van der Waals surface area contributed by atoms with Gasteiger partial charge in [0.1, 0.15) is 0 Å². The van der Waals surface area contributed by atoms with Crippen LogP contribution in [0.3, 0.4) is 0 Å². The number of aliphatic hydroxyl groups excluding tert-OH is 1. The number of hydrogen-bond acceptors (Lipinski definition) is 3. The van der Waals surface area contributed by atoms with Crippen molar-refractivity contribution in [3.8, 4) is 0 Å². The smallest absolute Gasteiger partial charge is 0.227 e. The molecular formula is C20H26N2O3. The Balaban J connectivity index is 1.64. The number of benzene rings is 1. The molecule has 4 rings (SSSR count). The number of aliphatic hydroxyl groups is 1. The summed E-state index contributed by atoms with van der Waals surface area (Å²) >= 11 is 0. The van der Waals surface area contributed by atoms with Crippen molar-refractivity contribution < 1.29 is 14.7 Å². The van der Waals surface area contributed by atoms with Crippen molar-refractivity contribution in [1.29, 1.82) is 0 Å². The lowest BCUT2D eigenvalue weighted by molar-refractivity contribution is -0.151. The highest BCUT2D eigenvalue weighted by Gasteiger charge is 2.55. The van der Waals surface area contributed by atoms with Crippen LogP contribution < -0.4 is 4.90 Å². The Kier molecular flexibility index (Phi) is 4.28. The van der Waals surface area contributed by atoms with Crippen molar-refractivity contribution in [2.24, 2.45) is 5.92 Å². The molecule has 2 heterocycles. The topological polar surface area (TPSA) is 60.9 Å². The van der Waals surface area contributed by atoms with E-state index in [-0.39, 0.29) is 36.4 Å². The van der Waals surface area contributed by atoms with Crippen molar-refractivity contribution in [3.63, 3.8) is 0 Å². The van der Waals surface area contributed by atoms with E-state index in [1.807, 2.05) is 41.0 Å². The molecule has 1 saturated carbocycles. The molecule has 3 aliphatic rings. The molecule has 3 atom stereocenters. The molecule has 1 N–H and O–H groups in total. The molecular weight excluding hydrogens is 316 g/mol. The number of amides is 2. The number of anilines is 1. The molecule has 2 aliphatic heterocycles. The first kappa shape index (κ1) is 16.6. The highest BCUT2D eigenvalue weighted by atomic mass is 16.3. The van der Waals surface area contributed by atoms with Crippen molar-refractivity contribution in [2.75, 3.05) is 18.1 Å². The van der Waals surface area contributed by atoms with E-state index in [2.05, 4.69) is 0 Å². The van der Waals surface area contributed by atoms with Crippen LogP contribution in [-0.2, 0) is 9.59 Å². The number of hydrogen-bond donors (Lipinski definition) is 1. The summed E-state index contributed by atoms with van der Waals surface area (Å²) in [5, 5.41) is 9.90. The quantitative estimate of drug-likeness (QED) is 0.893. The van der Waals surface area contributed by atoms with Crippen LogP contribution in [0, 0.1) is 5.92 Å². The molecule has 0 bridgehead atoms. The molecule has 2 amide bonds. The zero-order valence-electron chi connectivity index (χ0n) is 14.7. The van der Waals surface area contributed by atoms with Gasteiger partial charge in [-0.05, 0) is 36.8 Å². The molecule has 1 saturated heterocycles. The van der Waals surface area contributed by atoms with Crippen LogP contribution in [-0.4, -0.2) is 47.1 Å². The third kappa shape index (κ3) is 2.74. The summed E-state index contributed by atoms with van der Waals surface area (Å²) in [7, 11) is 0. The minimum atomic E-state index is -0.152. The first-order valence-corrected chi connectivity index (χ1v) is 9.47. The van der Waals surface area contributed by atoms with Crippen LogP contribution in [0.1, 0.15) is 50.5 Å². The van der Waals surface area contributed by atoms with Gasteiger partial charge in [-0.1, -0.05) is 25.1 Å². The van der Waals surface area contributed by atoms with Crippen molar-refractivity contribution in [3.05, 3.63) is 29.8 Å². The third-order valence-corrected chi connectivity index (χ3v) is 5.90. The van der Waals surface area contributed by atoms with Gasteiger partial charge in [0.25, 0.3) is 0 Å². The van der Waals surface area contributed by atoms with Gasteiger partial charge >= 0.3 is 0 Å². The average molecular weight is 342 g/mol. The fourth-order valence-electron chi connectivity index (χ4n) is 4.49. The lowest BCUT2D eigenvalue weighted by Gasteiger charge is -2.59. The van der Waals surface area contributed by atoms with Crippen LogP contribution in [0.4, 0.5) is 5.69 Å². The maximum absolute atomic E-state index is 12.7. The van der Waals surface area contributed by atoms with Gasteiger partial charge in [0, 0.05) is 31.0 Å². The van der Waals surface area contributed by atoms with Crippen molar-refractivity contribution >= 4 is 17.5 Å². The van der Waals surface area contributed by atoms with E-state index in [1.54, 1.807) is 0 Å². The van der Waals surface area contributed by atoms with Crippen LogP contribution in [0.5, 0.6) is 0 Å². The summed E-state index contributed by atoms with van der Waals surface area (Å²) in [6.07, 6.45) is 4.20. The van der Waals surface area contributed by atoms with Gasteiger partial charge in [-0.3, -0.25) is 9.59 Å². The van der Waals surface area contributed by atoms with Crippen LogP contribution in [0.25, 0.3) is 0 Å². The number of para-hydroxylation sites is 1. The number of nitrogens with zero attached hydrogens (tertiary/aromatic N) is 2. The lowest BCUT2D eigenvalue weighted by atomic mass is 9.71. The number of likely N-dealkylation sites (tertiary alicyclic amines) is 1. The monoisotopic (exact) mass is 342 g/mol. The molecule has 0 spiro atoms. The average Bonchev–Trinajstić information content (AvgIpc) is 3.39. The minimum Gasteiger partial charge on any atom is -0.394 e. The fourth-order valence-corrected chi connectivity index (χ4v) is 4.49. The Hall–Kier alpha value is -1.88. The zero-order chi connectivity index (χ0) is 17.6. The highest BCUT2D eigenvalue weighted by molar-refractivity contribution is 5.95. The summed E-state index contributed by atoms with van der Waals surface area (Å²) in [4.78, 5) is 29.1. The third-order valence-electron chi connectivity index (χ3n) is 5.90. The van der Waals surface area contributed by atoms with Crippen LogP contribution in [0.2, 0.25) is 0 Å². The van der Waals surface area contributed by atoms with E-state index in [0.29, 0.717) is 25.3 Å². The standard InChI is InChI=1S/C20H26N2O3/c1-2-5-18(24)21-11-16-20(14-6-3-4-7-15(14)21)17(12-23)22(16)19(25)10-13-8-9-13/h3-4,6-7,13,16-17,20,23H,2,5,8-12H2,1H3/t16-,17-,20+/m1/s1. The van der Waals surface area contributed by atoms with E-state index in [9.17, 15) is 14.7 Å². The highest BCUT2D eigenvalue weighted by Crippen LogP contribution is 2.49. The normalized spacial score (nSPS) is 27.4. The van der Waals surface area contributed by atoms with Gasteiger partial charge < -0.3 is 14.9 Å². The van der Waals surface area contributed by atoms with Gasteiger partial charge in [0.2, 0.25) is 11.8 Å². The second kappa shape index (κ2) is 6.45. The van der Waals surface area contributed by atoms with Gasteiger partial charge in [-0.25, -0.2) is 0 Å². The molecule has 134 valence electrons. The maximum Gasteiger partial charge on any atom is 0.227 e. The molecule has 0 aromatic heterocycles. The van der Waals surface area contributed by atoms with Crippen LogP contribution in [0.15, 0.2) is 24.3 Å². The molecule has 1 aliphatic carbocycles. The Morgan fingerprint density at radius 2 is 1.96 bits per heavy atom. The molecule has 5 nitrogen and oxygen atoms in total. The first-order valence-electron chi connectivity index (χ1n) is 9.47. The molecule has 0 radical (unpaired) electrons. The Morgan fingerprint density at radius 1 is 1.20 bits per heavy atom. The first-order chi connectivity index (χ1) is 12.2. The number of rotatable bonds is 5. The Bertz CT molecular complexity index is 685. The van der Waals surface area contributed by atoms with Gasteiger partial charge in [0.05, 0.1) is 18.7 Å². The number of carbonyl (C=O) groups excluding carboxylic acids is 2. The van der Waals surface area contributed by atoms with E-state index in [1.165, 1.54) is 0 Å². The van der Waals surface area contributed by atoms with Gasteiger partial charge in [0.15, 0.2) is 0 Å². The molecule has 2 fully saturated rings. The summed E-state index contributed by atoms with van der Waals surface area (Å²) in [5.74, 6) is 0.926. The molecule has 25 heavy (non-hydrogen) atoms. The lowest BCUT2D eigenvalue weighted by Crippen LogP contribution is -2.70. The Morgan fingerprint density at radius 3 is 2.64 bits per heavy atom. The largest absolute Gasteiger partial charge is 0.394 e. The van der Waals surface area contributed by atoms with Crippen molar-refractivity contribution in [1.82, 2.24) is 4.90 Å².